The molecule has 0 aliphatic heterocycles. The Balaban J connectivity index is 2.04. The summed E-state index contributed by atoms with van der Waals surface area (Å²) in [7, 11) is 1.55. The lowest BCUT2D eigenvalue weighted by Crippen LogP contribution is -2.42. The Hall–Kier alpha value is -3.22. The van der Waals surface area contributed by atoms with E-state index in [1.54, 1.807) is 33.0 Å². The van der Waals surface area contributed by atoms with Crippen molar-refractivity contribution in [1.82, 2.24) is 14.1 Å². The number of carbonyl (C=O) groups is 1. The molecule has 0 radical (unpaired) electrons. The molecule has 3 aromatic rings. The predicted octanol–water partition coefficient (Wildman–Crippen LogP) is 1.91. The van der Waals surface area contributed by atoms with Crippen LogP contribution in [-0.2, 0) is 24.8 Å². The van der Waals surface area contributed by atoms with Crippen LogP contribution in [0.15, 0.2) is 39.9 Å². The van der Waals surface area contributed by atoms with Gasteiger partial charge in [-0.3, -0.25) is 18.7 Å². The number of hydrogen-bond acceptors (Lipinski definition) is 4. The van der Waals surface area contributed by atoms with Crippen LogP contribution < -0.4 is 16.6 Å². The molecule has 0 fully saturated rings. The fourth-order valence-corrected chi connectivity index (χ4v) is 3.24. The van der Waals surface area contributed by atoms with Gasteiger partial charge < -0.3 is 5.32 Å². The summed E-state index contributed by atoms with van der Waals surface area (Å²) >= 11 is 0. The van der Waals surface area contributed by atoms with E-state index in [4.69, 9.17) is 0 Å². The highest BCUT2D eigenvalue weighted by atomic mass is 16.2. The zero-order valence-electron chi connectivity index (χ0n) is 15.9. The van der Waals surface area contributed by atoms with Crippen molar-refractivity contribution in [2.75, 3.05) is 5.32 Å². The monoisotopic (exact) mass is 366 g/mol. The highest BCUT2D eigenvalue weighted by molar-refractivity contribution is 5.91. The topological polar surface area (TPSA) is 86.0 Å². The minimum absolute atomic E-state index is 0.329. The molecule has 27 heavy (non-hydrogen) atoms. The first-order valence-corrected chi connectivity index (χ1v) is 8.79. The second-order valence-corrected chi connectivity index (χ2v) is 6.57. The molecule has 140 valence electrons. The Kier molecular flexibility index (Phi) is 4.94. The van der Waals surface area contributed by atoms with Crippen molar-refractivity contribution >= 4 is 22.6 Å². The minimum Gasteiger partial charge on any atom is -0.324 e. The number of hydrogen-bond donors (Lipinski definition) is 1. The van der Waals surface area contributed by atoms with Crippen molar-refractivity contribution in [1.29, 1.82) is 0 Å². The molecule has 0 aliphatic carbocycles. The van der Waals surface area contributed by atoms with Crippen LogP contribution in [0.3, 0.4) is 0 Å². The summed E-state index contributed by atoms with van der Waals surface area (Å²) in [5.41, 5.74) is 2.38. The summed E-state index contributed by atoms with van der Waals surface area (Å²) in [6, 6.07) is 9.24. The molecule has 0 aliphatic rings. The van der Waals surface area contributed by atoms with E-state index in [0.29, 0.717) is 16.7 Å². The lowest BCUT2D eigenvalue weighted by molar-refractivity contribution is -0.116. The summed E-state index contributed by atoms with van der Waals surface area (Å²) in [6.45, 7) is 5.24. The van der Waals surface area contributed by atoms with Gasteiger partial charge in [0.2, 0.25) is 5.91 Å². The van der Waals surface area contributed by atoms with E-state index < -0.39 is 17.2 Å². The van der Waals surface area contributed by atoms with Gasteiger partial charge in [0, 0.05) is 18.4 Å². The van der Waals surface area contributed by atoms with Crippen LogP contribution in [0.4, 0.5) is 5.69 Å². The number of rotatable bonds is 4. The summed E-state index contributed by atoms with van der Waals surface area (Å²) in [5, 5.41) is 3.14. The van der Waals surface area contributed by atoms with Gasteiger partial charge in [0.1, 0.15) is 12.2 Å². The van der Waals surface area contributed by atoms with Gasteiger partial charge in [-0.2, -0.15) is 0 Å². The van der Waals surface area contributed by atoms with Crippen molar-refractivity contribution in [2.24, 2.45) is 7.05 Å². The van der Waals surface area contributed by atoms with Crippen LogP contribution in [0.1, 0.15) is 23.7 Å². The van der Waals surface area contributed by atoms with Gasteiger partial charge >= 0.3 is 5.69 Å². The summed E-state index contributed by atoms with van der Waals surface area (Å²) in [6.07, 6.45) is 0.762. The van der Waals surface area contributed by atoms with Crippen molar-refractivity contribution in [3.05, 3.63) is 68.0 Å². The highest BCUT2D eigenvalue weighted by Gasteiger charge is 2.17. The molecule has 0 bridgehead atoms. The second-order valence-electron chi connectivity index (χ2n) is 6.57. The molecule has 2 heterocycles. The van der Waals surface area contributed by atoms with Gasteiger partial charge in [0.05, 0.1) is 5.39 Å². The molecule has 0 saturated carbocycles. The number of nitrogens with one attached hydrogen (secondary N) is 1. The molecule has 7 heteroatoms. The van der Waals surface area contributed by atoms with E-state index in [2.05, 4.69) is 10.3 Å². The normalized spacial score (nSPS) is 11.0. The standard InChI is InChI=1S/C20H22N4O3/c1-5-14-8-6-7-9-15(14)22-16(25)11-24-19(26)17-12(2)10-13(3)21-18(17)23(4)20(24)27/h6-10H,5,11H2,1-4H3,(H,22,25). The number of anilines is 1. The molecule has 1 N–H and O–H groups in total. The average molecular weight is 366 g/mol. The lowest BCUT2D eigenvalue weighted by atomic mass is 10.1. The molecule has 0 spiro atoms. The molecule has 1 amide bonds. The van der Waals surface area contributed by atoms with E-state index in [1.807, 2.05) is 25.1 Å². The molecule has 7 nitrogen and oxygen atoms in total. The van der Waals surface area contributed by atoms with E-state index in [0.717, 1.165) is 27.8 Å². The Morgan fingerprint density at radius 2 is 1.89 bits per heavy atom. The van der Waals surface area contributed by atoms with Gasteiger partial charge in [-0.15, -0.1) is 0 Å². The highest BCUT2D eigenvalue weighted by Crippen LogP contribution is 2.15. The van der Waals surface area contributed by atoms with Crippen molar-refractivity contribution in [2.45, 2.75) is 33.7 Å². The first-order valence-electron chi connectivity index (χ1n) is 8.79. The molecule has 3 rings (SSSR count). The maximum Gasteiger partial charge on any atom is 0.332 e. The molecule has 0 saturated heterocycles. The van der Waals surface area contributed by atoms with Crippen LogP contribution >= 0.6 is 0 Å². The smallest absolute Gasteiger partial charge is 0.324 e. The fraction of sp³-hybridized carbons (Fsp3) is 0.300. The van der Waals surface area contributed by atoms with Gasteiger partial charge in [-0.05, 0) is 43.5 Å². The maximum absolute atomic E-state index is 12.9. The lowest BCUT2D eigenvalue weighted by Gasteiger charge is -2.13. The van der Waals surface area contributed by atoms with Crippen molar-refractivity contribution < 1.29 is 4.79 Å². The average Bonchev–Trinajstić information content (AvgIpc) is 2.63. The van der Waals surface area contributed by atoms with Crippen LogP contribution in [0, 0.1) is 13.8 Å². The summed E-state index contributed by atoms with van der Waals surface area (Å²) < 4.78 is 2.26. The number of nitrogens with zero attached hydrogens (tertiary/aromatic N) is 3. The molecular weight excluding hydrogens is 344 g/mol. The molecular formula is C20H22N4O3. The number of carbonyl (C=O) groups excluding carboxylic acids is 1. The number of fused-ring (bicyclic) bond motifs is 1. The number of pyridine rings is 1. The van der Waals surface area contributed by atoms with Gasteiger partial charge in [0.15, 0.2) is 0 Å². The SMILES string of the molecule is CCc1ccccc1NC(=O)Cn1c(=O)c2c(C)cc(C)nc2n(C)c1=O. The van der Waals surface area contributed by atoms with Gasteiger partial charge in [-0.25, -0.2) is 9.78 Å². The van der Waals surface area contributed by atoms with Gasteiger partial charge in [-0.1, -0.05) is 25.1 Å². The maximum atomic E-state index is 12.9. The molecule has 1 aromatic carbocycles. The number of aryl methyl sites for hydroxylation is 4. The molecule has 0 unspecified atom stereocenters. The fourth-order valence-electron chi connectivity index (χ4n) is 3.24. The van der Waals surface area contributed by atoms with Crippen LogP contribution in [0.25, 0.3) is 11.0 Å². The first kappa shape index (κ1) is 18.6. The van der Waals surface area contributed by atoms with Crippen LogP contribution in [0.5, 0.6) is 0 Å². The first-order chi connectivity index (χ1) is 12.8. The molecule has 0 atom stereocenters. The van der Waals surface area contributed by atoms with Crippen LogP contribution in [0.2, 0.25) is 0 Å². The summed E-state index contributed by atoms with van der Waals surface area (Å²) in [5.74, 6) is -0.424. The number of aromatic nitrogens is 3. The zero-order chi connectivity index (χ0) is 19.7. The Bertz CT molecular complexity index is 1160. The zero-order valence-corrected chi connectivity index (χ0v) is 15.9. The largest absolute Gasteiger partial charge is 0.332 e. The van der Waals surface area contributed by atoms with E-state index in [9.17, 15) is 14.4 Å². The summed E-state index contributed by atoms with van der Waals surface area (Å²) in [4.78, 5) is 42.3. The van der Waals surface area contributed by atoms with E-state index >= 15 is 0 Å². The number of para-hydroxylation sites is 1. The predicted molar refractivity (Wildman–Crippen MR) is 105 cm³/mol. The van der Waals surface area contributed by atoms with Crippen molar-refractivity contribution in [3.8, 4) is 0 Å². The van der Waals surface area contributed by atoms with Crippen LogP contribution in [-0.4, -0.2) is 20.0 Å². The second kappa shape index (κ2) is 7.19. The number of benzene rings is 1. The quantitative estimate of drug-likeness (QED) is 0.764. The third kappa shape index (κ3) is 3.40. The molecule has 2 aromatic heterocycles. The van der Waals surface area contributed by atoms with E-state index in [1.165, 1.54) is 4.57 Å². The Labute approximate surface area is 156 Å². The Morgan fingerprint density at radius 3 is 2.59 bits per heavy atom. The Morgan fingerprint density at radius 1 is 1.19 bits per heavy atom. The van der Waals surface area contributed by atoms with Gasteiger partial charge in [0.25, 0.3) is 5.56 Å². The van der Waals surface area contributed by atoms with Crippen molar-refractivity contribution in [3.63, 3.8) is 0 Å². The number of amides is 1. The van der Waals surface area contributed by atoms with E-state index in [-0.39, 0.29) is 6.54 Å². The third-order valence-corrected chi connectivity index (χ3v) is 4.59. The third-order valence-electron chi connectivity index (χ3n) is 4.59. The minimum atomic E-state index is -0.566.